The van der Waals surface area contributed by atoms with Gasteiger partial charge >= 0.3 is 6.61 Å². The van der Waals surface area contributed by atoms with Gasteiger partial charge < -0.3 is 24.8 Å². The quantitative estimate of drug-likeness (QED) is 0.487. The molecule has 0 saturated heterocycles. The minimum atomic E-state index is -2.94. The van der Waals surface area contributed by atoms with Crippen molar-refractivity contribution in [2.45, 2.75) is 58.3 Å². The van der Waals surface area contributed by atoms with Crippen LogP contribution < -0.4 is 24.8 Å². The highest BCUT2D eigenvalue weighted by atomic mass is 19.3. The van der Waals surface area contributed by atoms with Crippen molar-refractivity contribution < 1.29 is 23.0 Å². The van der Waals surface area contributed by atoms with Crippen LogP contribution >= 0.6 is 0 Å². The number of guanidine groups is 1. The van der Waals surface area contributed by atoms with Gasteiger partial charge in [0.05, 0.1) is 24.8 Å². The van der Waals surface area contributed by atoms with Crippen LogP contribution in [0.3, 0.4) is 0 Å². The Morgan fingerprint density at radius 3 is 2.77 bits per heavy atom. The number of hydrogen-bond donors (Lipinski definition) is 2. The maximum atomic E-state index is 12.8. The molecule has 31 heavy (non-hydrogen) atoms. The van der Waals surface area contributed by atoms with Crippen LogP contribution in [0.2, 0.25) is 0 Å². The Labute approximate surface area is 179 Å². The zero-order chi connectivity index (χ0) is 21.6. The van der Waals surface area contributed by atoms with Gasteiger partial charge in [-0.1, -0.05) is 12.8 Å². The largest absolute Gasteiger partial charge is 0.454 e. The number of halogens is 2. The predicted octanol–water partition coefficient (Wildman–Crippen LogP) is 3.58. The number of hydrogen-bond acceptors (Lipinski definition) is 5. The number of nitrogens with one attached hydrogen (secondary N) is 2. The van der Waals surface area contributed by atoms with Crippen molar-refractivity contribution in [3.63, 3.8) is 0 Å². The molecule has 2 N–H and O–H groups in total. The first-order chi connectivity index (χ1) is 15.1. The molecule has 0 bridgehead atoms. The monoisotopic (exact) mass is 435 g/mol. The standard InChI is InChI=1S/C21H27F2N5O3/c1-2-24-21(26-12-15-7-8-28(27-15)16-5-3-4-6-16)25-11-14-9-18-19(30-13-29-18)10-17(14)31-20(22)23/h7-10,16,20H,2-6,11-13H2,1H3,(H2,24,25,26). The fourth-order valence-corrected chi connectivity index (χ4v) is 3.82. The van der Waals surface area contributed by atoms with E-state index in [1.807, 2.05) is 19.2 Å². The van der Waals surface area contributed by atoms with Gasteiger partial charge in [-0.3, -0.25) is 4.68 Å². The Bertz CT molecular complexity index is 912. The van der Waals surface area contributed by atoms with Gasteiger partial charge in [-0.15, -0.1) is 0 Å². The van der Waals surface area contributed by atoms with Crippen LogP contribution in [-0.2, 0) is 13.1 Å². The van der Waals surface area contributed by atoms with Crippen LogP contribution in [0, 0.1) is 0 Å². The molecule has 0 radical (unpaired) electrons. The van der Waals surface area contributed by atoms with Crippen LogP contribution in [0.5, 0.6) is 17.2 Å². The molecule has 0 unspecified atom stereocenters. The molecule has 1 aliphatic carbocycles. The van der Waals surface area contributed by atoms with E-state index in [0.29, 0.717) is 42.2 Å². The molecule has 1 aliphatic heterocycles. The second kappa shape index (κ2) is 9.84. The SMILES string of the molecule is CCNC(=NCc1cc2c(cc1OC(F)F)OCO2)NCc1ccn(C2CCCC2)n1. The number of alkyl halides is 2. The fraction of sp³-hybridized carbons (Fsp3) is 0.524. The Balaban J connectivity index is 1.43. The number of ether oxygens (including phenoxy) is 3. The molecule has 2 aliphatic rings. The van der Waals surface area contributed by atoms with Crippen LogP contribution in [0.4, 0.5) is 8.78 Å². The molecule has 2 aromatic rings. The molecular weight excluding hydrogens is 408 g/mol. The van der Waals surface area contributed by atoms with E-state index in [1.165, 1.54) is 31.7 Å². The van der Waals surface area contributed by atoms with Gasteiger partial charge in [-0.25, -0.2) is 4.99 Å². The predicted molar refractivity (Wildman–Crippen MR) is 111 cm³/mol. The summed E-state index contributed by atoms with van der Waals surface area (Å²) in [4.78, 5) is 4.52. The maximum Gasteiger partial charge on any atom is 0.387 e. The highest BCUT2D eigenvalue weighted by Crippen LogP contribution is 2.39. The van der Waals surface area contributed by atoms with Gasteiger partial charge in [0.2, 0.25) is 6.79 Å². The summed E-state index contributed by atoms with van der Waals surface area (Å²) in [5.74, 6) is 1.45. The van der Waals surface area contributed by atoms with Crippen molar-refractivity contribution in [2.24, 2.45) is 4.99 Å². The summed E-state index contributed by atoms with van der Waals surface area (Å²) in [5.41, 5.74) is 1.40. The summed E-state index contributed by atoms with van der Waals surface area (Å²) in [6, 6.07) is 5.53. The van der Waals surface area contributed by atoms with E-state index >= 15 is 0 Å². The lowest BCUT2D eigenvalue weighted by Gasteiger charge is -2.13. The molecular formula is C21H27F2N5O3. The Kier molecular flexibility index (Phi) is 6.73. The van der Waals surface area contributed by atoms with Gasteiger partial charge in [-0.2, -0.15) is 13.9 Å². The summed E-state index contributed by atoms with van der Waals surface area (Å²) >= 11 is 0. The first-order valence-electron chi connectivity index (χ1n) is 10.6. The lowest BCUT2D eigenvalue weighted by atomic mass is 10.1. The second-order valence-corrected chi connectivity index (χ2v) is 7.47. The number of aromatic nitrogens is 2. The molecule has 1 aromatic carbocycles. The molecule has 4 rings (SSSR count). The zero-order valence-electron chi connectivity index (χ0n) is 17.4. The van der Waals surface area contributed by atoms with Crippen molar-refractivity contribution in [1.82, 2.24) is 20.4 Å². The highest BCUT2D eigenvalue weighted by molar-refractivity contribution is 5.79. The van der Waals surface area contributed by atoms with Crippen LogP contribution in [0.1, 0.15) is 49.9 Å². The van der Waals surface area contributed by atoms with E-state index in [1.54, 1.807) is 6.07 Å². The van der Waals surface area contributed by atoms with Crippen molar-refractivity contribution in [3.8, 4) is 17.2 Å². The highest BCUT2D eigenvalue weighted by Gasteiger charge is 2.20. The van der Waals surface area contributed by atoms with E-state index in [0.717, 1.165) is 5.69 Å². The number of aliphatic imine (C=N–C) groups is 1. The summed E-state index contributed by atoms with van der Waals surface area (Å²) in [5, 5.41) is 11.1. The third kappa shape index (κ3) is 5.36. The lowest BCUT2D eigenvalue weighted by Crippen LogP contribution is -2.37. The number of nitrogens with zero attached hydrogens (tertiary/aromatic N) is 3. The molecule has 1 aromatic heterocycles. The average Bonchev–Trinajstić information content (AvgIpc) is 3.50. The molecule has 2 heterocycles. The minimum absolute atomic E-state index is 0.0224. The van der Waals surface area contributed by atoms with Gasteiger partial charge in [0, 0.05) is 24.4 Å². The molecule has 1 fully saturated rings. The van der Waals surface area contributed by atoms with E-state index < -0.39 is 6.61 Å². The summed E-state index contributed by atoms with van der Waals surface area (Å²) in [6.07, 6.45) is 6.89. The van der Waals surface area contributed by atoms with E-state index in [4.69, 9.17) is 9.47 Å². The van der Waals surface area contributed by atoms with E-state index in [-0.39, 0.29) is 19.1 Å². The molecule has 168 valence electrons. The van der Waals surface area contributed by atoms with Crippen molar-refractivity contribution in [1.29, 1.82) is 0 Å². The maximum absolute atomic E-state index is 12.8. The van der Waals surface area contributed by atoms with Gasteiger partial charge in [-0.05, 0) is 31.9 Å². The van der Waals surface area contributed by atoms with Crippen molar-refractivity contribution in [2.75, 3.05) is 13.3 Å². The summed E-state index contributed by atoms with van der Waals surface area (Å²) in [7, 11) is 0. The molecule has 0 spiro atoms. The normalized spacial score (nSPS) is 16.2. The number of benzene rings is 1. The summed E-state index contributed by atoms with van der Waals surface area (Å²) < 4.78 is 43.0. The van der Waals surface area contributed by atoms with E-state index in [2.05, 4.69) is 30.1 Å². The topological polar surface area (TPSA) is 81.9 Å². The smallest absolute Gasteiger partial charge is 0.387 e. The first kappa shape index (κ1) is 21.2. The Hall–Kier alpha value is -3.04. The number of rotatable bonds is 8. The Morgan fingerprint density at radius 1 is 1.26 bits per heavy atom. The minimum Gasteiger partial charge on any atom is -0.454 e. The number of fused-ring (bicyclic) bond motifs is 1. The van der Waals surface area contributed by atoms with Crippen molar-refractivity contribution >= 4 is 5.96 Å². The lowest BCUT2D eigenvalue weighted by molar-refractivity contribution is -0.0505. The molecule has 0 atom stereocenters. The van der Waals surface area contributed by atoms with Crippen LogP contribution in [-0.4, -0.2) is 35.7 Å². The summed E-state index contributed by atoms with van der Waals surface area (Å²) in [6.45, 7) is 0.359. The van der Waals surface area contributed by atoms with Gasteiger partial charge in [0.25, 0.3) is 0 Å². The average molecular weight is 435 g/mol. The van der Waals surface area contributed by atoms with Crippen LogP contribution in [0.15, 0.2) is 29.4 Å². The first-order valence-corrected chi connectivity index (χ1v) is 10.6. The molecule has 1 saturated carbocycles. The van der Waals surface area contributed by atoms with Crippen molar-refractivity contribution in [3.05, 3.63) is 35.7 Å². The fourth-order valence-electron chi connectivity index (χ4n) is 3.82. The third-order valence-electron chi connectivity index (χ3n) is 5.32. The van der Waals surface area contributed by atoms with Gasteiger partial charge in [0.1, 0.15) is 5.75 Å². The van der Waals surface area contributed by atoms with Gasteiger partial charge in [0.15, 0.2) is 17.5 Å². The second-order valence-electron chi connectivity index (χ2n) is 7.47. The van der Waals surface area contributed by atoms with E-state index in [9.17, 15) is 8.78 Å². The van der Waals surface area contributed by atoms with Crippen LogP contribution in [0.25, 0.3) is 0 Å². The third-order valence-corrected chi connectivity index (χ3v) is 5.32. The zero-order valence-corrected chi connectivity index (χ0v) is 17.4. The Morgan fingerprint density at radius 2 is 2.03 bits per heavy atom. The molecule has 10 heteroatoms. The molecule has 8 nitrogen and oxygen atoms in total. The molecule has 0 amide bonds.